The van der Waals surface area contributed by atoms with Crippen LogP contribution in [0, 0.1) is 30.6 Å². The van der Waals surface area contributed by atoms with Crippen molar-refractivity contribution in [2.24, 2.45) is 23.7 Å². The van der Waals surface area contributed by atoms with Crippen LogP contribution in [0.3, 0.4) is 0 Å². The number of aryl methyl sites for hydroxylation is 1. The normalized spacial score (nSPS) is 36.4. The van der Waals surface area contributed by atoms with Crippen molar-refractivity contribution in [1.29, 1.82) is 0 Å². The number of carbonyl (C=O) groups excluding carboxylic acids is 3. The Morgan fingerprint density at radius 2 is 1.58 bits per heavy atom. The average molecular weight is 484 g/mol. The Morgan fingerprint density at radius 3 is 2.08 bits per heavy atom. The number of alkyl halides is 2. The topological polar surface area (TPSA) is 66.5 Å². The number of rotatable bonds is 3. The molecular weight excluding hydrogens is 464 g/mol. The maximum atomic E-state index is 13.0. The van der Waals surface area contributed by atoms with E-state index in [0.29, 0.717) is 5.69 Å². The van der Waals surface area contributed by atoms with E-state index in [0.717, 1.165) is 12.0 Å². The van der Waals surface area contributed by atoms with E-state index in [1.807, 2.05) is 31.2 Å². The molecule has 0 radical (unpaired) electrons. The summed E-state index contributed by atoms with van der Waals surface area (Å²) in [6.07, 6.45) is 0.885. The van der Waals surface area contributed by atoms with Crippen molar-refractivity contribution in [3.05, 3.63) is 29.8 Å². The third kappa shape index (κ3) is 2.58. The van der Waals surface area contributed by atoms with Crippen molar-refractivity contribution < 1.29 is 14.4 Å². The molecule has 2 aliphatic carbocycles. The molecule has 1 N–H and O–H groups in total. The van der Waals surface area contributed by atoms with Crippen LogP contribution in [0.25, 0.3) is 0 Å². The van der Waals surface area contributed by atoms with Gasteiger partial charge in [0.1, 0.15) is 6.04 Å². The van der Waals surface area contributed by atoms with Gasteiger partial charge in [-0.05, 0) is 44.2 Å². The monoisotopic (exact) mass is 482 g/mol. The van der Waals surface area contributed by atoms with Gasteiger partial charge in [-0.2, -0.15) is 0 Å². The van der Waals surface area contributed by atoms with Crippen LogP contribution in [0.5, 0.6) is 0 Å². The molecular formula is C19H20Br2N2O3. The molecule has 1 heterocycles. The van der Waals surface area contributed by atoms with E-state index in [9.17, 15) is 14.4 Å². The molecule has 3 amide bonds. The molecule has 7 atom stereocenters. The highest BCUT2D eigenvalue weighted by Crippen LogP contribution is 2.60. The van der Waals surface area contributed by atoms with Crippen molar-refractivity contribution in [3.8, 4) is 0 Å². The standard InChI is InChI=1S/C19H20Br2N2O3/c1-8-3-5-10(6-4-8)22-17(24)9(2)23-18(25)13-11-7-12(14(13)19(23)26)16(21)15(11)20/h3-6,9,11-16H,7H2,1-2H3,(H,22,24)/t9-,11+,12+,13-,14+,15-,16-/m0/s1. The molecule has 1 aliphatic heterocycles. The fourth-order valence-corrected chi connectivity index (χ4v) is 6.63. The molecule has 0 unspecified atom stereocenters. The van der Waals surface area contributed by atoms with Gasteiger partial charge < -0.3 is 5.32 Å². The summed E-state index contributed by atoms with van der Waals surface area (Å²) in [5.41, 5.74) is 1.76. The quantitative estimate of drug-likeness (QED) is 0.530. The van der Waals surface area contributed by atoms with Gasteiger partial charge in [-0.1, -0.05) is 49.6 Å². The van der Waals surface area contributed by atoms with Gasteiger partial charge in [0.2, 0.25) is 17.7 Å². The van der Waals surface area contributed by atoms with E-state index < -0.39 is 6.04 Å². The Hall–Kier alpha value is -1.21. The highest BCUT2D eigenvalue weighted by atomic mass is 79.9. The van der Waals surface area contributed by atoms with Crippen LogP contribution in [0.15, 0.2) is 24.3 Å². The van der Waals surface area contributed by atoms with Gasteiger partial charge in [0, 0.05) is 15.3 Å². The number of halogens is 2. The second-order valence-electron chi connectivity index (χ2n) is 7.58. The Labute approximate surface area is 169 Å². The van der Waals surface area contributed by atoms with E-state index in [2.05, 4.69) is 37.2 Å². The molecule has 1 saturated heterocycles. The van der Waals surface area contributed by atoms with Gasteiger partial charge in [0.15, 0.2) is 0 Å². The highest BCUT2D eigenvalue weighted by molar-refractivity contribution is 9.12. The van der Waals surface area contributed by atoms with Gasteiger partial charge in [-0.15, -0.1) is 0 Å². The third-order valence-electron chi connectivity index (χ3n) is 6.11. The SMILES string of the molecule is Cc1ccc(NC(=O)[C@H](C)N2C(=O)[C@@H]3[C@H]4C[C@@H]([C@H](Br)[C@H]4Br)[C@@H]3C2=O)cc1. The lowest BCUT2D eigenvalue weighted by molar-refractivity contribution is -0.146. The summed E-state index contributed by atoms with van der Waals surface area (Å²) in [6.45, 7) is 3.59. The first-order chi connectivity index (χ1) is 12.3. The highest BCUT2D eigenvalue weighted by Gasteiger charge is 2.67. The number of imide groups is 1. The molecule has 3 aliphatic rings. The lowest BCUT2D eigenvalue weighted by Crippen LogP contribution is -2.46. The predicted octanol–water partition coefficient (Wildman–Crippen LogP) is 3.10. The first-order valence-electron chi connectivity index (χ1n) is 8.84. The van der Waals surface area contributed by atoms with Crippen molar-refractivity contribution in [2.75, 3.05) is 5.32 Å². The van der Waals surface area contributed by atoms with Gasteiger partial charge in [-0.3, -0.25) is 19.3 Å². The molecule has 7 heteroatoms. The number of fused-ring (bicyclic) bond motifs is 5. The summed E-state index contributed by atoms with van der Waals surface area (Å²) in [7, 11) is 0. The molecule has 0 aromatic heterocycles. The third-order valence-corrected chi connectivity index (χ3v) is 9.31. The van der Waals surface area contributed by atoms with Crippen LogP contribution in [0.2, 0.25) is 0 Å². The largest absolute Gasteiger partial charge is 0.324 e. The van der Waals surface area contributed by atoms with Crippen LogP contribution in [-0.2, 0) is 14.4 Å². The number of likely N-dealkylation sites (tertiary alicyclic amines) is 1. The average Bonchev–Trinajstić information content (AvgIpc) is 3.21. The van der Waals surface area contributed by atoms with E-state index in [-0.39, 0.29) is 51.0 Å². The Morgan fingerprint density at radius 1 is 1.08 bits per heavy atom. The zero-order valence-corrected chi connectivity index (χ0v) is 17.7. The number of anilines is 1. The minimum Gasteiger partial charge on any atom is -0.324 e. The molecule has 2 saturated carbocycles. The molecule has 26 heavy (non-hydrogen) atoms. The molecule has 0 spiro atoms. The number of hydrogen-bond acceptors (Lipinski definition) is 3. The molecule has 1 aromatic carbocycles. The Kier molecular flexibility index (Phi) is 4.50. The second kappa shape index (κ2) is 6.44. The molecule has 1 aromatic rings. The fraction of sp³-hybridized carbons (Fsp3) is 0.526. The second-order valence-corrected chi connectivity index (χ2v) is 9.70. The van der Waals surface area contributed by atoms with Crippen LogP contribution in [0.4, 0.5) is 5.69 Å². The van der Waals surface area contributed by atoms with Crippen LogP contribution in [-0.4, -0.2) is 38.3 Å². The minimum absolute atomic E-state index is 0.156. The minimum atomic E-state index is -0.816. The van der Waals surface area contributed by atoms with Crippen LogP contribution < -0.4 is 5.32 Å². The fourth-order valence-electron chi connectivity index (χ4n) is 4.75. The summed E-state index contributed by atoms with van der Waals surface area (Å²) < 4.78 is 0. The van der Waals surface area contributed by atoms with Crippen molar-refractivity contribution in [2.45, 2.75) is 36.0 Å². The van der Waals surface area contributed by atoms with Crippen molar-refractivity contribution in [1.82, 2.24) is 4.90 Å². The van der Waals surface area contributed by atoms with E-state index >= 15 is 0 Å². The van der Waals surface area contributed by atoms with Crippen LogP contribution in [0.1, 0.15) is 18.9 Å². The lowest BCUT2D eigenvalue weighted by atomic mass is 9.81. The zero-order valence-electron chi connectivity index (χ0n) is 14.5. The lowest BCUT2D eigenvalue weighted by Gasteiger charge is -2.28. The summed E-state index contributed by atoms with van der Waals surface area (Å²) >= 11 is 7.34. The molecule has 138 valence electrons. The molecule has 2 bridgehead atoms. The first kappa shape index (κ1) is 18.2. The van der Waals surface area contributed by atoms with Gasteiger partial charge in [0.05, 0.1) is 11.8 Å². The van der Waals surface area contributed by atoms with Crippen molar-refractivity contribution in [3.63, 3.8) is 0 Å². The maximum Gasteiger partial charge on any atom is 0.247 e. The predicted molar refractivity (Wildman–Crippen MR) is 105 cm³/mol. The summed E-state index contributed by atoms with van der Waals surface area (Å²) in [6, 6.07) is 6.62. The molecule has 3 fully saturated rings. The summed E-state index contributed by atoms with van der Waals surface area (Å²) in [4.78, 5) is 40.2. The zero-order chi connectivity index (χ0) is 18.7. The van der Waals surface area contributed by atoms with E-state index in [1.165, 1.54) is 4.90 Å². The van der Waals surface area contributed by atoms with E-state index in [4.69, 9.17) is 0 Å². The number of carbonyl (C=O) groups is 3. The number of hydrogen-bond donors (Lipinski definition) is 1. The van der Waals surface area contributed by atoms with Crippen LogP contribution >= 0.6 is 31.9 Å². The molecule has 4 rings (SSSR count). The molecule has 5 nitrogen and oxygen atoms in total. The van der Waals surface area contributed by atoms with Gasteiger partial charge in [0.25, 0.3) is 0 Å². The number of nitrogens with zero attached hydrogens (tertiary/aromatic N) is 1. The van der Waals surface area contributed by atoms with Crippen molar-refractivity contribution >= 4 is 55.3 Å². The Bertz CT molecular complexity index is 749. The number of amides is 3. The number of benzene rings is 1. The van der Waals surface area contributed by atoms with E-state index in [1.54, 1.807) is 6.92 Å². The number of nitrogens with one attached hydrogen (secondary N) is 1. The summed E-state index contributed by atoms with van der Waals surface area (Å²) in [5, 5.41) is 2.80. The van der Waals surface area contributed by atoms with Gasteiger partial charge in [-0.25, -0.2) is 0 Å². The first-order valence-corrected chi connectivity index (χ1v) is 10.7. The maximum absolute atomic E-state index is 13.0. The van der Waals surface area contributed by atoms with Gasteiger partial charge >= 0.3 is 0 Å². The Balaban J connectivity index is 1.53. The summed E-state index contributed by atoms with van der Waals surface area (Å²) in [5.74, 6) is -0.994. The smallest absolute Gasteiger partial charge is 0.247 e.